The molecule has 0 spiro atoms. The summed E-state index contributed by atoms with van der Waals surface area (Å²) in [5.74, 6) is 0.988. The van der Waals surface area contributed by atoms with Crippen molar-refractivity contribution < 1.29 is 4.74 Å². The van der Waals surface area contributed by atoms with Crippen molar-refractivity contribution in [3.63, 3.8) is 0 Å². The lowest BCUT2D eigenvalue weighted by molar-refractivity contribution is 0.291. The third-order valence-corrected chi connectivity index (χ3v) is 3.78. The Hall–Kier alpha value is -1.71. The number of benzene rings is 2. The summed E-state index contributed by atoms with van der Waals surface area (Å²) in [6, 6.07) is 14.3. The molecule has 3 nitrogen and oxygen atoms in total. The molecule has 3 rings (SSSR count). The first-order chi connectivity index (χ1) is 10.2. The van der Waals surface area contributed by atoms with Crippen LogP contribution in [0.2, 0.25) is 5.02 Å². The smallest absolute Gasteiger partial charge is 0.146 e. The van der Waals surface area contributed by atoms with Gasteiger partial charge in [0.15, 0.2) is 0 Å². The minimum atomic E-state index is 0.724. The van der Waals surface area contributed by atoms with Crippen molar-refractivity contribution in [2.45, 2.75) is 13.1 Å². The second-order valence-electron chi connectivity index (χ2n) is 5.37. The summed E-state index contributed by atoms with van der Waals surface area (Å²) < 4.78 is 5.81. The fourth-order valence-corrected chi connectivity index (χ4v) is 2.86. The summed E-state index contributed by atoms with van der Waals surface area (Å²) in [7, 11) is 2.11. The Balaban J connectivity index is 1.71. The number of hydrogen-bond donors (Lipinski definition) is 1. The first kappa shape index (κ1) is 14.2. The monoisotopic (exact) mass is 302 g/mol. The van der Waals surface area contributed by atoms with Crippen molar-refractivity contribution in [2.24, 2.45) is 0 Å². The number of rotatable bonds is 4. The van der Waals surface area contributed by atoms with Crippen LogP contribution in [0.3, 0.4) is 0 Å². The predicted octanol–water partition coefficient (Wildman–Crippen LogP) is 3.78. The molecular formula is C17H19ClN2O. The van der Waals surface area contributed by atoms with Gasteiger partial charge < -0.3 is 10.1 Å². The number of nitrogens with one attached hydrogen (secondary N) is 1. The van der Waals surface area contributed by atoms with Crippen molar-refractivity contribution in [3.8, 4) is 5.75 Å². The summed E-state index contributed by atoms with van der Waals surface area (Å²) >= 11 is 6.04. The van der Waals surface area contributed by atoms with E-state index in [1.807, 2.05) is 18.2 Å². The summed E-state index contributed by atoms with van der Waals surface area (Å²) in [6.07, 6.45) is 0. The number of para-hydroxylation sites is 1. The van der Waals surface area contributed by atoms with Gasteiger partial charge in [-0.15, -0.1) is 0 Å². The maximum absolute atomic E-state index is 6.04. The molecule has 2 aromatic carbocycles. The fourth-order valence-electron chi connectivity index (χ4n) is 2.65. The first-order valence-corrected chi connectivity index (χ1v) is 7.52. The quantitative estimate of drug-likeness (QED) is 0.930. The van der Waals surface area contributed by atoms with E-state index in [2.05, 4.69) is 41.5 Å². The van der Waals surface area contributed by atoms with Crippen LogP contribution in [0.5, 0.6) is 5.75 Å². The molecule has 4 heteroatoms. The molecule has 1 heterocycles. The van der Waals surface area contributed by atoms with Crippen LogP contribution in [0.4, 0.5) is 5.69 Å². The van der Waals surface area contributed by atoms with E-state index in [9.17, 15) is 0 Å². The van der Waals surface area contributed by atoms with Crippen LogP contribution in [0.1, 0.15) is 11.1 Å². The molecule has 1 N–H and O–H groups in total. The molecule has 0 unspecified atom stereocenters. The van der Waals surface area contributed by atoms with Gasteiger partial charge in [-0.1, -0.05) is 35.9 Å². The number of fused-ring (bicyclic) bond motifs is 1. The normalized spacial score (nSPS) is 13.5. The topological polar surface area (TPSA) is 24.5 Å². The van der Waals surface area contributed by atoms with Gasteiger partial charge in [0.2, 0.25) is 0 Å². The molecule has 0 bridgehead atoms. The minimum Gasteiger partial charge on any atom is -0.489 e. The molecule has 0 aromatic heterocycles. The van der Waals surface area contributed by atoms with E-state index >= 15 is 0 Å². The number of anilines is 1. The molecular weight excluding hydrogens is 284 g/mol. The third-order valence-electron chi connectivity index (χ3n) is 3.54. The molecule has 1 aliphatic heterocycles. The van der Waals surface area contributed by atoms with Gasteiger partial charge in [-0.3, -0.25) is 4.90 Å². The van der Waals surface area contributed by atoms with E-state index in [1.165, 1.54) is 11.1 Å². The van der Waals surface area contributed by atoms with Crippen LogP contribution < -0.4 is 10.1 Å². The van der Waals surface area contributed by atoms with Crippen LogP contribution in [0.25, 0.3) is 0 Å². The molecule has 2 aromatic rings. The lowest BCUT2D eigenvalue weighted by Crippen LogP contribution is -2.22. The average Bonchev–Trinajstić information content (AvgIpc) is 2.47. The van der Waals surface area contributed by atoms with E-state index in [0.717, 1.165) is 42.7 Å². The highest BCUT2D eigenvalue weighted by Crippen LogP contribution is 2.32. The van der Waals surface area contributed by atoms with Crippen LogP contribution >= 0.6 is 11.6 Å². The second kappa shape index (κ2) is 6.37. The SMILES string of the molecule is CN(Cc1cccc(Cl)c1)Cc1cccc2c1OCCN2. The largest absolute Gasteiger partial charge is 0.489 e. The van der Waals surface area contributed by atoms with Gasteiger partial charge in [-0.05, 0) is 30.8 Å². The number of hydrogen-bond acceptors (Lipinski definition) is 3. The highest BCUT2D eigenvalue weighted by Gasteiger charge is 2.15. The van der Waals surface area contributed by atoms with E-state index in [-0.39, 0.29) is 0 Å². The molecule has 0 saturated carbocycles. The van der Waals surface area contributed by atoms with E-state index in [4.69, 9.17) is 16.3 Å². The van der Waals surface area contributed by atoms with E-state index in [0.29, 0.717) is 0 Å². The zero-order valence-electron chi connectivity index (χ0n) is 12.1. The summed E-state index contributed by atoms with van der Waals surface area (Å²) in [5, 5.41) is 4.16. The van der Waals surface area contributed by atoms with Crippen molar-refractivity contribution in [3.05, 3.63) is 58.6 Å². The third kappa shape index (κ3) is 3.49. The highest BCUT2D eigenvalue weighted by atomic mass is 35.5. The van der Waals surface area contributed by atoms with Gasteiger partial charge >= 0.3 is 0 Å². The first-order valence-electron chi connectivity index (χ1n) is 7.14. The molecule has 0 aliphatic carbocycles. The highest BCUT2D eigenvalue weighted by molar-refractivity contribution is 6.30. The minimum absolute atomic E-state index is 0.724. The maximum Gasteiger partial charge on any atom is 0.146 e. The van der Waals surface area contributed by atoms with Gasteiger partial charge in [0.05, 0.1) is 5.69 Å². The molecule has 0 saturated heterocycles. The van der Waals surface area contributed by atoms with Crippen molar-refractivity contribution >= 4 is 17.3 Å². The van der Waals surface area contributed by atoms with Crippen LogP contribution in [-0.4, -0.2) is 25.1 Å². The Kier molecular flexibility index (Phi) is 4.32. The molecule has 0 amide bonds. The van der Waals surface area contributed by atoms with Crippen molar-refractivity contribution in [1.29, 1.82) is 0 Å². The van der Waals surface area contributed by atoms with Gasteiger partial charge in [0.1, 0.15) is 12.4 Å². The maximum atomic E-state index is 6.04. The van der Waals surface area contributed by atoms with E-state index < -0.39 is 0 Å². The molecule has 110 valence electrons. The number of nitrogens with zero attached hydrogens (tertiary/aromatic N) is 1. The summed E-state index contributed by atoms with van der Waals surface area (Å²) in [6.45, 7) is 3.30. The Labute approximate surface area is 130 Å². The molecule has 1 aliphatic rings. The lowest BCUT2D eigenvalue weighted by Gasteiger charge is -2.24. The van der Waals surface area contributed by atoms with Crippen molar-refractivity contribution in [2.75, 3.05) is 25.5 Å². The van der Waals surface area contributed by atoms with E-state index in [1.54, 1.807) is 0 Å². The van der Waals surface area contributed by atoms with Crippen LogP contribution in [0.15, 0.2) is 42.5 Å². The van der Waals surface area contributed by atoms with Crippen LogP contribution in [-0.2, 0) is 13.1 Å². The summed E-state index contributed by atoms with van der Waals surface area (Å²) in [4.78, 5) is 2.26. The molecule has 0 radical (unpaired) electrons. The number of halogens is 1. The lowest BCUT2D eigenvalue weighted by atomic mass is 10.1. The Morgan fingerprint density at radius 3 is 2.90 bits per heavy atom. The molecule has 21 heavy (non-hydrogen) atoms. The van der Waals surface area contributed by atoms with Gasteiger partial charge in [-0.25, -0.2) is 0 Å². The van der Waals surface area contributed by atoms with Crippen molar-refractivity contribution in [1.82, 2.24) is 4.90 Å². The van der Waals surface area contributed by atoms with Crippen LogP contribution in [0, 0.1) is 0 Å². The Morgan fingerprint density at radius 1 is 1.19 bits per heavy atom. The predicted molar refractivity (Wildman–Crippen MR) is 87.0 cm³/mol. The van der Waals surface area contributed by atoms with Gasteiger partial charge in [-0.2, -0.15) is 0 Å². The zero-order valence-corrected chi connectivity index (χ0v) is 12.9. The second-order valence-corrected chi connectivity index (χ2v) is 5.81. The van der Waals surface area contributed by atoms with Gasteiger partial charge in [0, 0.05) is 30.2 Å². The number of ether oxygens (including phenoxy) is 1. The zero-order chi connectivity index (χ0) is 14.7. The fraction of sp³-hybridized carbons (Fsp3) is 0.294. The Bertz CT molecular complexity index is 630. The average molecular weight is 303 g/mol. The summed E-state index contributed by atoms with van der Waals surface area (Å²) in [5.41, 5.74) is 3.52. The standard InChI is InChI=1S/C17H19ClN2O/c1-20(11-13-4-2-6-15(18)10-13)12-14-5-3-7-16-17(14)21-9-8-19-16/h2-7,10,19H,8-9,11-12H2,1H3. The van der Waals surface area contributed by atoms with Gasteiger partial charge in [0.25, 0.3) is 0 Å². The molecule has 0 atom stereocenters. The Morgan fingerprint density at radius 2 is 2.05 bits per heavy atom. The molecule has 0 fully saturated rings.